The zero-order chi connectivity index (χ0) is 11.2. The highest BCUT2D eigenvalue weighted by Crippen LogP contribution is 2.14. The van der Waals surface area contributed by atoms with Gasteiger partial charge in [-0.25, -0.2) is 0 Å². The molecule has 16 heavy (non-hydrogen) atoms. The predicted octanol–water partition coefficient (Wildman–Crippen LogP) is 0.814. The van der Waals surface area contributed by atoms with Gasteiger partial charge >= 0.3 is 0 Å². The summed E-state index contributed by atoms with van der Waals surface area (Å²) in [6.07, 6.45) is 7.02. The van der Waals surface area contributed by atoms with E-state index in [1.54, 1.807) is 0 Å². The summed E-state index contributed by atoms with van der Waals surface area (Å²) in [5.41, 5.74) is 0. The molecule has 0 saturated carbocycles. The lowest BCUT2D eigenvalue weighted by atomic mass is 10.1. The van der Waals surface area contributed by atoms with Gasteiger partial charge in [0.05, 0.1) is 12.1 Å². The highest BCUT2D eigenvalue weighted by atomic mass is 16.5. The van der Waals surface area contributed by atoms with Gasteiger partial charge in [0.2, 0.25) is 5.91 Å². The van der Waals surface area contributed by atoms with E-state index in [-0.39, 0.29) is 11.9 Å². The first-order valence-electron chi connectivity index (χ1n) is 6.49. The first-order valence-corrected chi connectivity index (χ1v) is 6.49. The van der Waals surface area contributed by atoms with Gasteiger partial charge in [0.25, 0.3) is 0 Å². The Morgan fingerprint density at radius 3 is 2.94 bits per heavy atom. The molecular formula is C12H22N2O2. The zero-order valence-corrected chi connectivity index (χ0v) is 9.84. The summed E-state index contributed by atoms with van der Waals surface area (Å²) in [7, 11) is 0. The van der Waals surface area contributed by atoms with Crippen molar-refractivity contribution in [2.24, 2.45) is 0 Å². The Bertz CT molecular complexity index is 221. The van der Waals surface area contributed by atoms with E-state index in [4.69, 9.17) is 4.74 Å². The zero-order valence-electron chi connectivity index (χ0n) is 9.84. The SMILES string of the molecule is O=C(NCCC1CCCCO1)[C@@H]1CCCN1. The fourth-order valence-corrected chi connectivity index (χ4v) is 2.42. The molecule has 2 saturated heterocycles. The van der Waals surface area contributed by atoms with Gasteiger partial charge in [-0.1, -0.05) is 0 Å². The standard InChI is InChI=1S/C12H22N2O2/c15-12(11-5-3-7-13-11)14-8-6-10-4-1-2-9-16-10/h10-11,13H,1-9H2,(H,14,15)/t10?,11-/m0/s1. The first kappa shape index (κ1) is 11.9. The number of nitrogens with one attached hydrogen (secondary N) is 2. The molecule has 2 atom stereocenters. The van der Waals surface area contributed by atoms with Crippen LogP contribution >= 0.6 is 0 Å². The summed E-state index contributed by atoms with van der Waals surface area (Å²) in [4.78, 5) is 11.7. The molecular weight excluding hydrogens is 204 g/mol. The van der Waals surface area contributed by atoms with Gasteiger partial charge in [0, 0.05) is 13.2 Å². The molecule has 0 spiro atoms. The Morgan fingerprint density at radius 1 is 1.31 bits per heavy atom. The van der Waals surface area contributed by atoms with Crippen molar-refractivity contribution < 1.29 is 9.53 Å². The summed E-state index contributed by atoms with van der Waals surface area (Å²) in [6.45, 7) is 2.62. The normalized spacial score (nSPS) is 30.2. The van der Waals surface area contributed by atoms with Gasteiger partial charge in [-0.2, -0.15) is 0 Å². The molecule has 2 aliphatic heterocycles. The lowest BCUT2D eigenvalue weighted by Gasteiger charge is -2.22. The molecule has 2 rings (SSSR count). The monoisotopic (exact) mass is 226 g/mol. The molecule has 1 unspecified atom stereocenters. The van der Waals surface area contributed by atoms with Crippen LogP contribution < -0.4 is 10.6 Å². The number of hydrogen-bond donors (Lipinski definition) is 2. The van der Waals surface area contributed by atoms with Crippen LogP contribution in [0.25, 0.3) is 0 Å². The van der Waals surface area contributed by atoms with Gasteiger partial charge in [0.1, 0.15) is 0 Å². The maximum absolute atomic E-state index is 11.7. The average molecular weight is 226 g/mol. The third-order valence-electron chi connectivity index (χ3n) is 3.42. The summed E-state index contributed by atoms with van der Waals surface area (Å²) >= 11 is 0. The maximum atomic E-state index is 11.7. The van der Waals surface area contributed by atoms with Crippen LogP contribution in [0.3, 0.4) is 0 Å². The van der Waals surface area contributed by atoms with Gasteiger partial charge in [-0.15, -0.1) is 0 Å². The van der Waals surface area contributed by atoms with Crippen molar-refractivity contribution in [3.05, 3.63) is 0 Å². The highest BCUT2D eigenvalue weighted by Gasteiger charge is 2.21. The fourth-order valence-electron chi connectivity index (χ4n) is 2.42. The van der Waals surface area contributed by atoms with Crippen LogP contribution in [0.1, 0.15) is 38.5 Å². The summed E-state index contributed by atoms with van der Waals surface area (Å²) in [5, 5.41) is 6.19. The van der Waals surface area contributed by atoms with Crippen molar-refractivity contribution in [3.63, 3.8) is 0 Å². The van der Waals surface area contributed by atoms with E-state index >= 15 is 0 Å². The number of amides is 1. The van der Waals surface area contributed by atoms with Gasteiger partial charge in [-0.3, -0.25) is 4.79 Å². The van der Waals surface area contributed by atoms with E-state index in [1.165, 1.54) is 12.8 Å². The summed E-state index contributed by atoms with van der Waals surface area (Å²) in [5.74, 6) is 0.160. The minimum atomic E-state index is 0.0484. The quantitative estimate of drug-likeness (QED) is 0.746. The van der Waals surface area contributed by atoms with Crippen molar-refractivity contribution in [2.45, 2.75) is 50.7 Å². The Balaban J connectivity index is 1.57. The molecule has 2 N–H and O–H groups in total. The molecule has 4 nitrogen and oxygen atoms in total. The Labute approximate surface area is 97.1 Å². The molecule has 0 aromatic carbocycles. The van der Waals surface area contributed by atoms with E-state index in [0.29, 0.717) is 6.10 Å². The van der Waals surface area contributed by atoms with Crippen LogP contribution in [0.5, 0.6) is 0 Å². The van der Waals surface area contributed by atoms with Crippen LogP contribution in [0.4, 0.5) is 0 Å². The van der Waals surface area contributed by atoms with E-state index < -0.39 is 0 Å². The van der Waals surface area contributed by atoms with Crippen molar-refractivity contribution in [3.8, 4) is 0 Å². The minimum absolute atomic E-state index is 0.0484. The molecule has 0 aromatic rings. The highest BCUT2D eigenvalue weighted by molar-refractivity contribution is 5.81. The molecule has 0 bridgehead atoms. The molecule has 0 radical (unpaired) electrons. The van der Waals surface area contributed by atoms with Gasteiger partial charge in [-0.05, 0) is 45.1 Å². The third-order valence-corrected chi connectivity index (χ3v) is 3.42. The largest absolute Gasteiger partial charge is 0.378 e. The average Bonchev–Trinajstić information content (AvgIpc) is 2.84. The third kappa shape index (κ3) is 3.46. The van der Waals surface area contributed by atoms with E-state index in [2.05, 4.69) is 10.6 Å². The van der Waals surface area contributed by atoms with Crippen molar-refractivity contribution in [1.29, 1.82) is 0 Å². The minimum Gasteiger partial charge on any atom is -0.378 e. The van der Waals surface area contributed by atoms with Crippen molar-refractivity contribution in [2.75, 3.05) is 19.7 Å². The number of ether oxygens (including phenoxy) is 1. The van der Waals surface area contributed by atoms with Crippen molar-refractivity contribution >= 4 is 5.91 Å². The molecule has 4 heteroatoms. The Kier molecular flexibility index (Phi) is 4.60. The smallest absolute Gasteiger partial charge is 0.237 e. The second kappa shape index (κ2) is 6.21. The lowest BCUT2D eigenvalue weighted by Crippen LogP contribution is -2.41. The number of carbonyl (C=O) groups excluding carboxylic acids is 1. The number of hydrogen-bond acceptors (Lipinski definition) is 3. The molecule has 2 heterocycles. The number of rotatable bonds is 4. The molecule has 1 amide bonds. The second-order valence-corrected chi connectivity index (χ2v) is 4.72. The summed E-state index contributed by atoms with van der Waals surface area (Å²) < 4.78 is 5.62. The van der Waals surface area contributed by atoms with Crippen LogP contribution in [0.2, 0.25) is 0 Å². The van der Waals surface area contributed by atoms with Gasteiger partial charge in [0.15, 0.2) is 0 Å². The van der Waals surface area contributed by atoms with E-state index in [1.807, 2.05) is 0 Å². The Morgan fingerprint density at radius 2 is 2.25 bits per heavy atom. The molecule has 2 aliphatic rings. The van der Waals surface area contributed by atoms with Crippen LogP contribution in [0.15, 0.2) is 0 Å². The predicted molar refractivity (Wildman–Crippen MR) is 62.2 cm³/mol. The molecule has 0 aromatic heterocycles. The Hall–Kier alpha value is -0.610. The molecule has 92 valence electrons. The molecule has 0 aliphatic carbocycles. The van der Waals surface area contributed by atoms with Crippen LogP contribution in [0, 0.1) is 0 Å². The topological polar surface area (TPSA) is 50.4 Å². The fraction of sp³-hybridized carbons (Fsp3) is 0.917. The molecule has 2 fully saturated rings. The van der Waals surface area contributed by atoms with Crippen LogP contribution in [-0.2, 0) is 9.53 Å². The number of carbonyl (C=O) groups is 1. The van der Waals surface area contributed by atoms with Crippen molar-refractivity contribution in [1.82, 2.24) is 10.6 Å². The lowest BCUT2D eigenvalue weighted by molar-refractivity contribution is -0.122. The second-order valence-electron chi connectivity index (χ2n) is 4.72. The van der Waals surface area contributed by atoms with Gasteiger partial charge < -0.3 is 15.4 Å². The van der Waals surface area contributed by atoms with Crippen LogP contribution in [-0.4, -0.2) is 37.7 Å². The van der Waals surface area contributed by atoms with E-state index in [0.717, 1.165) is 45.4 Å². The van der Waals surface area contributed by atoms with E-state index in [9.17, 15) is 4.79 Å². The first-order chi connectivity index (χ1) is 7.86. The maximum Gasteiger partial charge on any atom is 0.237 e. The summed E-state index contributed by atoms with van der Waals surface area (Å²) in [6, 6.07) is 0.0484.